The Morgan fingerprint density at radius 2 is 1.81 bits per heavy atom. The maximum absolute atomic E-state index is 12.9. The molecule has 0 saturated heterocycles. The van der Waals surface area contributed by atoms with Gasteiger partial charge in [-0.1, -0.05) is 24.3 Å². The molecule has 0 fully saturated rings. The maximum atomic E-state index is 12.9. The van der Waals surface area contributed by atoms with Gasteiger partial charge in [0.05, 0.1) is 5.75 Å². The van der Waals surface area contributed by atoms with Gasteiger partial charge in [0.15, 0.2) is 0 Å². The highest BCUT2D eigenvalue weighted by molar-refractivity contribution is 7.88. The zero-order valence-corrected chi connectivity index (χ0v) is 15.0. The molecule has 0 spiro atoms. The second kappa shape index (κ2) is 7.76. The molecule has 3 rings (SSSR count). The number of halogens is 1. The number of nitrogens with zero attached hydrogens (tertiary/aromatic N) is 2. The Balaban J connectivity index is 1.56. The van der Waals surface area contributed by atoms with E-state index >= 15 is 0 Å². The van der Waals surface area contributed by atoms with Gasteiger partial charge in [-0.3, -0.25) is 0 Å². The van der Waals surface area contributed by atoms with Crippen LogP contribution in [0.25, 0.3) is 11.5 Å². The molecule has 1 N–H and O–H groups in total. The van der Waals surface area contributed by atoms with Crippen molar-refractivity contribution < 1.29 is 17.2 Å². The summed E-state index contributed by atoms with van der Waals surface area (Å²) in [7, 11) is -3.46. The predicted molar refractivity (Wildman–Crippen MR) is 95.2 cm³/mol. The van der Waals surface area contributed by atoms with Gasteiger partial charge in [-0.05, 0) is 42.3 Å². The summed E-state index contributed by atoms with van der Waals surface area (Å²) >= 11 is 0. The Labute approximate surface area is 151 Å². The summed E-state index contributed by atoms with van der Waals surface area (Å²) in [6.45, 7) is 2.03. The lowest BCUT2D eigenvalue weighted by Crippen LogP contribution is -2.27. The van der Waals surface area contributed by atoms with Crippen molar-refractivity contribution in [2.45, 2.75) is 19.1 Å². The molecule has 0 bridgehead atoms. The van der Waals surface area contributed by atoms with Crippen LogP contribution < -0.4 is 4.72 Å². The maximum Gasteiger partial charge on any atom is 0.247 e. The number of aromatic nitrogens is 2. The highest BCUT2D eigenvalue weighted by Gasteiger charge is 2.14. The molecule has 8 heteroatoms. The molecule has 0 amide bonds. The summed E-state index contributed by atoms with van der Waals surface area (Å²) in [6, 6.07) is 13.0. The third-order valence-corrected chi connectivity index (χ3v) is 5.16. The lowest BCUT2D eigenvalue weighted by atomic mass is 10.1. The number of rotatable bonds is 7. The summed E-state index contributed by atoms with van der Waals surface area (Å²) in [6.07, 6.45) is 0.265. The minimum atomic E-state index is -3.46. The van der Waals surface area contributed by atoms with Crippen LogP contribution in [0.1, 0.15) is 17.0 Å². The second-order valence-electron chi connectivity index (χ2n) is 5.84. The molecule has 6 nitrogen and oxygen atoms in total. The Hall–Kier alpha value is -2.58. The first-order chi connectivity index (χ1) is 12.4. The van der Waals surface area contributed by atoms with Gasteiger partial charge in [0.25, 0.3) is 0 Å². The minimum absolute atomic E-state index is 0.0790. The first-order valence-corrected chi connectivity index (χ1v) is 9.68. The van der Waals surface area contributed by atoms with E-state index in [-0.39, 0.29) is 30.4 Å². The van der Waals surface area contributed by atoms with Crippen LogP contribution in [0.2, 0.25) is 0 Å². The van der Waals surface area contributed by atoms with Crippen LogP contribution in [-0.4, -0.2) is 25.2 Å². The highest BCUT2D eigenvalue weighted by Crippen LogP contribution is 2.18. The van der Waals surface area contributed by atoms with Crippen molar-refractivity contribution in [3.05, 3.63) is 71.4 Å². The van der Waals surface area contributed by atoms with E-state index in [0.29, 0.717) is 11.5 Å². The van der Waals surface area contributed by atoms with E-state index in [0.717, 1.165) is 11.1 Å². The molecule has 0 unspecified atom stereocenters. The van der Waals surface area contributed by atoms with Crippen LogP contribution in [-0.2, 0) is 22.2 Å². The van der Waals surface area contributed by atoms with Gasteiger partial charge in [0, 0.05) is 18.5 Å². The molecule has 0 atom stereocenters. The molecule has 3 aromatic rings. The van der Waals surface area contributed by atoms with E-state index in [1.165, 1.54) is 24.3 Å². The molecular formula is C18H18FN3O3S. The van der Waals surface area contributed by atoms with E-state index in [1.54, 1.807) is 6.07 Å². The van der Waals surface area contributed by atoms with Crippen LogP contribution in [0.3, 0.4) is 0 Å². The van der Waals surface area contributed by atoms with Gasteiger partial charge in [-0.15, -0.1) is 10.2 Å². The average Bonchev–Trinajstić information content (AvgIpc) is 3.06. The molecule has 0 aliphatic rings. The lowest BCUT2D eigenvalue weighted by Gasteiger charge is -2.07. The van der Waals surface area contributed by atoms with Gasteiger partial charge in [0.2, 0.25) is 21.8 Å². The molecule has 0 radical (unpaired) electrons. The van der Waals surface area contributed by atoms with Gasteiger partial charge < -0.3 is 4.42 Å². The molecule has 0 aliphatic heterocycles. The van der Waals surface area contributed by atoms with Crippen LogP contribution in [0.4, 0.5) is 4.39 Å². The van der Waals surface area contributed by atoms with Crippen molar-refractivity contribution in [2.24, 2.45) is 0 Å². The van der Waals surface area contributed by atoms with Crippen molar-refractivity contribution >= 4 is 10.0 Å². The van der Waals surface area contributed by atoms with E-state index in [9.17, 15) is 12.8 Å². The van der Waals surface area contributed by atoms with E-state index < -0.39 is 10.0 Å². The summed E-state index contributed by atoms with van der Waals surface area (Å²) in [5.74, 6) is 0.145. The van der Waals surface area contributed by atoms with Crippen molar-refractivity contribution in [1.82, 2.24) is 14.9 Å². The Bertz CT molecular complexity index is 985. The number of aryl methyl sites for hydroxylation is 1. The monoisotopic (exact) mass is 375 g/mol. The normalized spacial score (nSPS) is 11.6. The average molecular weight is 375 g/mol. The quantitative estimate of drug-likeness (QED) is 0.686. The summed E-state index contributed by atoms with van der Waals surface area (Å²) in [4.78, 5) is 0. The summed E-state index contributed by atoms with van der Waals surface area (Å²) in [5, 5.41) is 7.78. The number of hydrogen-bond donors (Lipinski definition) is 1. The van der Waals surface area contributed by atoms with Crippen molar-refractivity contribution in [3.8, 4) is 11.5 Å². The Morgan fingerprint density at radius 1 is 1.08 bits per heavy atom. The first kappa shape index (κ1) is 18.2. The zero-order valence-electron chi connectivity index (χ0n) is 14.1. The molecule has 1 heterocycles. The number of nitrogens with one attached hydrogen (secondary N) is 1. The predicted octanol–water partition coefficient (Wildman–Crippen LogP) is 2.85. The van der Waals surface area contributed by atoms with Crippen molar-refractivity contribution in [2.75, 3.05) is 6.54 Å². The topological polar surface area (TPSA) is 85.1 Å². The number of sulfonamides is 1. The first-order valence-electron chi connectivity index (χ1n) is 8.03. The summed E-state index contributed by atoms with van der Waals surface area (Å²) < 4.78 is 45.3. The molecular weight excluding hydrogens is 357 g/mol. The molecule has 0 aliphatic carbocycles. The van der Waals surface area contributed by atoms with Gasteiger partial charge in [0.1, 0.15) is 5.82 Å². The third-order valence-electron chi connectivity index (χ3n) is 3.83. The van der Waals surface area contributed by atoms with Crippen molar-refractivity contribution in [1.29, 1.82) is 0 Å². The van der Waals surface area contributed by atoms with E-state index in [1.807, 2.05) is 25.1 Å². The van der Waals surface area contributed by atoms with Gasteiger partial charge >= 0.3 is 0 Å². The highest BCUT2D eigenvalue weighted by atomic mass is 32.2. The smallest absolute Gasteiger partial charge is 0.247 e. The lowest BCUT2D eigenvalue weighted by molar-refractivity contribution is 0.501. The number of hydrogen-bond acceptors (Lipinski definition) is 5. The fourth-order valence-corrected chi connectivity index (χ4v) is 3.65. The fraction of sp³-hybridized carbons (Fsp3) is 0.222. The molecule has 0 saturated carbocycles. The SMILES string of the molecule is Cc1ccccc1CS(=O)(=O)NCCc1nnc(-c2ccc(F)cc2)o1. The Kier molecular flexibility index (Phi) is 5.43. The zero-order chi connectivity index (χ0) is 18.6. The largest absolute Gasteiger partial charge is 0.421 e. The van der Waals surface area contributed by atoms with E-state index in [2.05, 4.69) is 14.9 Å². The van der Waals surface area contributed by atoms with Crippen LogP contribution in [0, 0.1) is 12.7 Å². The Morgan fingerprint density at radius 3 is 2.54 bits per heavy atom. The van der Waals surface area contributed by atoms with Gasteiger partial charge in [-0.2, -0.15) is 0 Å². The second-order valence-corrected chi connectivity index (χ2v) is 7.64. The van der Waals surface area contributed by atoms with Crippen LogP contribution in [0.5, 0.6) is 0 Å². The fourth-order valence-electron chi connectivity index (χ4n) is 2.41. The van der Waals surface area contributed by atoms with Crippen LogP contribution in [0.15, 0.2) is 52.9 Å². The summed E-state index contributed by atoms with van der Waals surface area (Å²) in [5.41, 5.74) is 2.29. The third kappa shape index (κ3) is 4.74. The molecule has 1 aromatic heterocycles. The standard InChI is InChI=1S/C18H18FN3O3S/c1-13-4-2-3-5-15(13)12-26(23,24)20-11-10-17-21-22-18(25-17)14-6-8-16(19)9-7-14/h2-9,20H,10-12H2,1H3. The van der Waals surface area contributed by atoms with Gasteiger partial charge in [-0.25, -0.2) is 17.5 Å². The van der Waals surface area contributed by atoms with Crippen molar-refractivity contribution in [3.63, 3.8) is 0 Å². The minimum Gasteiger partial charge on any atom is -0.421 e. The number of benzene rings is 2. The van der Waals surface area contributed by atoms with E-state index in [4.69, 9.17) is 4.42 Å². The molecule has 2 aromatic carbocycles. The molecule has 136 valence electrons. The van der Waals surface area contributed by atoms with Crippen LogP contribution >= 0.6 is 0 Å². The molecule has 26 heavy (non-hydrogen) atoms.